The van der Waals surface area contributed by atoms with Crippen LogP contribution in [0.25, 0.3) is 0 Å². The molecular formula is C19H27N3O4. The molecule has 1 aromatic rings. The summed E-state index contributed by atoms with van der Waals surface area (Å²) in [7, 11) is 0. The zero-order valence-corrected chi connectivity index (χ0v) is 15.4. The normalized spacial score (nSPS) is 22.5. The number of hydrogen-bond acceptors (Lipinski definition) is 4. The molecule has 0 saturated heterocycles. The summed E-state index contributed by atoms with van der Waals surface area (Å²) in [6.07, 6.45) is 4.43. The first kappa shape index (κ1) is 19.9. The lowest BCUT2D eigenvalue weighted by molar-refractivity contribution is -0.384. The average Bonchev–Trinajstić information content (AvgIpc) is 2.59. The number of carbonyl (C=O) groups is 2. The fraction of sp³-hybridized carbons (Fsp3) is 0.579. The monoisotopic (exact) mass is 361 g/mol. The van der Waals surface area contributed by atoms with Crippen molar-refractivity contribution in [2.45, 2.75) is 58.4 Å². The number of amides is 2. The number of benzene rings is 1. The van der Waals surface area contributed by atoms with E-state index >= 15 is 0 Å². The lowest BCUT2D eigenvalue weighted by atomic mass is 9.78. The van der Waals surface area contributed by atoms with E-state index in [4.69, 9.17) is 0 Å². The Morgan fingerprint density at radius 2 is 1.77 bits per heavy atom. The van der Waals surface area contributed by atoms with Gasteiger partial charge in [0, 0.05) is 36.7 Å². The second kappa shape index (κ2) is 9.31. The standard InChI is InChI=1S/C19H27N3O4/c1-13-5-3-6-17(14(13)2)21-19(24)8-4-7-18(23)20-15-9-11-16(12-10-15)22(25)26/h9-14,17H,3-8H2,1-2H3,(H,20,23)(H,21,24)/t13-,14-,17+/m1/s1. The first-order chi connectivity index (χ1) is 12.4. The number of nitro groups is 1. The SMILES string of the molecule is C[C@@H]1[C@H](C)CCC[C@@H]1NC(=O)CCCC(=O)Nc1ccc([N+](=O)[O-])cc1. The Labute approximate surface area is 153 Å². The van der Waals surface area contributed by atoms with Crippen LogP contribution in [0.5, 0.6) is 0 Å². The maximum Gasteiger partial charge on any atom is 0.269 e. The summed E-state index contributed by atoms with van der Waals surface area (Å²) in [5, 5.41) is 16.4. The van der Waals surface area contributed by atoms with Gasteiger partial charge in [0.05, 0.1) is 4.92 Å². The van der Waals surface area contributed by atoms with Gasteiger partial charge in [-0.05, 0) is 36.8 Å². The first-order valence-electron chi connectivity index (χ1n) is 9.20. The molecular weight excluding hydrogens is 334 g/mol. The van der Waals surface area contributed by atoms with Crippen LogP contribution in [0.15, 0.2) is 24.3 Å². The van der Waals surface area contributed by atoms with Crippen molar-refractivity contribution in [2.24, 2.45) is 11.8 Å². The van der Waals surface area contributed by atoms with E-state index in [1.165, 1.54) is 30.7 Å². The summed E-state index contributed by atoms with van der Waals surface area (Å²) in [5.41, 5.74) is 0.487. The van der Waals surface area contributed by atoms with Crippen LogP contribution in [0, 0.1) is 22.0 Å². The highest BCUT2D eigenvalue weighted by molar-refractivity contribution is 5.91. The molecule has 1 saturated carbocycles. The van der Waals surface area contributed by atoms with Crippen molar-refractivity contribution in [3.63, 3.8) is 0 Å². The van der Waals surface area contributed by atoms with Crippen molar-refractivity contribution < 1.29 is 14.5 Å². The minimum absolute atomic E-state index is 0.000846. The van der Waals surface area contributed by atoms with E-state index in [-0.39, 0.29) is 30.0 Å². The lowest BCUT2D eigenvalue weighted by Gasteiger charge is -2.34. The lowest BCUT2D eigenvalue weighted by Crippen LogP contribution is -2.43. The number of carbonyl (C=O) groups excluding carboxylic acids is 2. The van der Waals surface area contributed by atoms with Gasteiger partial charge >= 0.3 is 0 Å². The third kappa shape index (κ3) is 5.82. The molecule has 7 heteroatoms. The summed E-state index contributed by atoms with van der Waals surface area (Å²) >= 11 is 0. The molecule has 2 N–H and O–H groups in total. The highest BCUT2D eigenvalue weighted by Crippen LogP contribution is 2.29. The molecule has 1 fully saturated rings. The minimum Gasteiger partial charge on any atom is -0.353 e. The molecule has 142 valence electrons. The Morgan fingerprint density at radius 3 is 2.42 bits per heavy atom. The Kier molecular flexibility index (Phi) is 7.12. The molecule has 7 nitrogen and oxygen atoms in total. The smallest absolute Gasteiger partial charge is 0.269 e. The van der Waals surface area contributed by atoms with Gasteiger partial charge in [0.1, 0.15) is 0 Å². The fourth-order valence-corrected chi connectivity index (χ4v) is 3.36. The van der Waals surface area contributed by atoms with Crippen LogP contribution in [0.2, 0.25) is 0 Å². The van der Waals surface area contributed by atoms with Crippen LogP contribution < -0.4 is 10.6 Å². The molecule has 0 aliphatic heterocycles. The molecule has 3 atom stereocenters. The van der Waals surface area contributed by atoms with Crippen LogP contribution in [0.3, 0.4) is 0 Å². The molecule has 0 heterocycles. The number of anilines is 1. The summed E-state index contributed by atoms with van der Waals surface area (Å²) in [4.78, 5) is 34.1. The third-order valence-electron chi connectivity index (χ3n) is 5.22. The van der Waals surface area contributed by atoms with Crippen molar-refractivity contribution in [3.05, 3.63) is 34.4 Å². The predicted molar refractivity (Wildman–Crippen MR) is 99.7 cm³/mol. The molecule has 0 bridgehead atoms. The zero-order chi connectivity index (χ0) is 19.1. The van der Waals surface area contributed by atoms with Gasteiger partial charge in [0.25, 0.3) is 5.69 Å². The van der Waals surface area contributed by atoms with Gasteiger partial charge in [-0.1, -0.05) is 26.7 Å². The van der Waals surface area contributed by atoms with Gasteiger partial charge in [-0.25, -0.2) is 0 Å². The summed E-state index contributed by atoms with van der Waals surface area (Å²) in [6.45, 7) is 4.41. The molecule has 0 spiro atoms. The number of nitrogens with zero attached hydrogens (tertiary/aromatic N) is 1. The van der Waals surface area contributed by atoms with Gasteiger partial charge < -0.3 is 10.6 Å². The van der Waals surface area contributed by atoms with Crippen LogP contribution in [0.4, 0.5) is 11.4 Å². The van der Waals surface area contributed by atoms with Crippen molar-refractivity contribution in [3.8, 4) is 0 Å². The van der Waals surface area contributed by atoms with Crippen molar-refractivity contribution in [1.82, 2.24) is 5.32 Å². The Morgan fingerprint density at radius 1 is 1.12 bits per heavy atom. The van der Waals surface area contributed by atoms with Gasteiger partial charge in [-0.15, -0.1) is 0 Å². The van der Waals surface area contributed by atoms with Crippen LogP contribution in [-0.4, -0.2) is 22.8 Å². The Balaban J connectivity index is 1.69. The molecule has 1 aliphatic carbocycles. The third-order valence-corrected chi connectivity index (χ3v) is 5.22. The molecule has 2 rings (SSSR count). The zero-order valence-electron chi connectivity index (χ0n) is 15.4. The first-order valence-corrected chi connectivity index (χ1v) is 9.20. The van der Waals surface area contributed by atoms with E-state index in [9.17, 15) is 19.7 Å². The molecule has 26 heavy (non-hydrogen) atoms. The van der Waals surface area contributed by atoms with E-state index < -0.39 is 4.92 Å². The fourth-order valence-electron chi connectivity index (χ4n) is 3.36. The predicted octanol–water partition coefficient (Wildman–Crippen LogP) is 3.64. The molecule has 1 aromatic carbocycles. The Hall–Kier alpha value is -2.44. The number of rotatable bonds is 7. The number of non-ortho nitro benzene ring substituents is 1. The van der Waals surface area contributed by atoms with E-state index in [0.717, 1.165) is 12.8 Å². The van der Waals surface area contributed by atoms with Crippen LogP contribution in [0.1, 0.15) is 52.4 Å². The van der Waals surface area contributed by atoms with E-state index in [1.54, 1.807) is 0 Å². The maximum absolute atomic E-state index is 12.1. The summed E-state index contributed by atoms with van der Waals surface area (Å²) < 4.78 is 0. The molecule has 0 radical (unpaired) electrons. The van der Waals surface area contributed by atoms with Gasteiger partial charge in [-0.3, -0.25) is 19.7 Å². The minimum atomic E-state index is -0.488. The van der Waals surface area contributed by atoms with Gasteiger partial charge in [-0.2, -0.15) is 0 Å². The summed E-state index contributed by atoms with van der Waals surface area (Å²) in [6, 6.07) is 5.91. The molecule has 2 amide bonds. The van der Waals surface area contributed by atoms with E-state index in [0.29, 0.717) is 30.4 Å². The molecule has 1 aliphatic rings. The average molecular weight is 361 g/mol. The maximum atomic E-state index is 12.1. The highest BCUT2D eigenvalue weighted by Gasteiger charge is 2.27. The molecule has 0 aromatic heterocycles. The summed E-state index contributed by atoms with van der Waals surface area (Å²) in [5.74, 6) is 0.907. The number of nitrogens with one attached hydrogen (secondary N) is 2. The Bertz CT molecular complexity index is 645. The largest absolute Gasteiger partial charge is 0.353 e. The van der Waals surface area contributed by atoms with E-state index in [2.05, 4.69) is 24.5 Å². The van der Waals surface area contributed by atoms with Gasteiger partial charge in [0.2, 0.25) is 11.8 Å². The van der Waals surface area contributed by atoms with Crippen molar-refractivity contribution in [2.75, 3.05) is 5.32 Å². The quantitative estimate of drug-likeness (QED) is 0.572. The van der Waals surface area contributed by atoms with Crippen LogP contribution in [-0.2, 0) is 9.59 Å². The van der Waals surface area contributed by atoms with Crippen molar-refractivity contribution in [1.29, 1.82) is 0 Å². The van der Waals surface area contributed by atoms with E-state index in [1.807, 2.05) is 0 Å². The van der Waals surface area contributed by atoms with Crippen molar-refractivity contribution >= 4 is 23.2 Å². The highest BCUT2D eigenvalue weighted by atomic mass is 16.6. The second-order valence-corrected chi connectivity index (χ2v) is 7.15. The van der Waals surface area contributed by atoms with Gasteiger partial charge in [0.15, 0.2) is 0 Å². The number of hydrogen-bond donors (Lipinski definition) is 2. The number of nitro benzene ring substituents is 1. The van der Waals surface area contributed by atoms with Crippen LogP contribution >= 0.6 is 0 Å². The second-order valence-electron chi connectivity index (χ2n) is 7.15. The molecule has 0 unspecified atom stereocenters. The topological polar surface area (TPSA) is 101 Å².